The van der Waals surface area contributed by atoms with Crippen LogP contribution in [0.15, 0.2) is 29.3 Å². The van der Waals surface area contributed by atoms with Crippen molar-refractivity contribution in [2.45, 2.75) is 44.9 Å². The number of halogens is 1. The Morgan fingerprint density at radius 2 is 1.70 bits per heavy atom. The van der Waals surface area contributed by atoms with Gasteiger partial charge in [-0.3, -0.25) is 14.7 Å². The number of amides is 1. The Morgan fingerprint density at radius 3 is 2.33 bits per heavy atom. The molecule has 1 aliphatic carbocycles. The third-order valence-corrected chi connectivity index (χ3v) is 6.68. The van der Waals surface area contributed by atoms with Gasteiger partial charge in [-0.25, -0.2) is 0 Å². The fraction of sp³-hybridized carbons (Fsp3) is 0.680. The minimum absolute atomic E-state index is 0. The van der Waals surface area contributed by atoms with Gasteiger partial charge in [0.05, 0.1) is 7.11 Å². The molecule has 1 heterocycles. The van der Waals surface area contributed by atoms with E-state index in [1.54, 1.807) is 7.11 Å². The normalized spacial score (nSPS) is 17.5. The Labute approximate surface area is 216 Å². The molecule has 1 amide bonds. The quantitative estimate of drug-likeness (QED) is 0.196. The molecular formula is C25H42IN5O2. The van der Waals surface area contributed by atoms with Crippen LogP contribution >= 0.6 is 24.0 Å². The van der Waals surface area contributed by atoms with Crippen molar-refractivity contribution in [3.05, 3.63) is 29.8 Å². The average Bonchev–Trinajstić information content (AvgIpc) is 3.38. The maximum absolute atomic E-state index is 12.6. The van der Waals surface area contributed by atoms with E-state index in [0.717, 1.165) is 89.6 Å². The molecule has 0 atom stereocenters. The number of carbonyl (C=O) groups is 1. The van der Waals surface area contributed by atoms with Crippen molar-refractivity contribution < 1.29 is 9.53 Å². The van der Waals surface area contributed by atoms with E-state index in [0.29, 0.717) is 11.8 Å². The summed E-state index contributed by atoms with van der Waals surface area (Å²) in [6.07, 6.45) is 7.95. The van der Waals surface area contributed by atoms with Crippen LogP contribution in [0.25, 0.3) is 0 Å². The summed E-state index contributed by atoms with van der Waals surface area (Å²) in [5, 5.41) is 6.83. The van der Waals surface area contributed by atoms with Gasteiger partial charge in [0.1, 0.15) is 5.75 Å². The first-order valence-electron chi connectivity index (χ1n) is 12.3. The minimum Gasteiger partial charge on any atom is -0.497 e. The van der Waals surface area contributed by atoms with Gasteiger partial charge in [0.25, 0.3) is 0 Å². The van der Waals surface area contributed by atoms with E-state index in [4.69, 9.17) is 4.74 Å². The lowest BCUT2D eigenvalue weighted by molar-refractivity contribution is -0.137. The van der Waals surface area contributed by atoms with E-state index in [2.05, 4.69) is 37.6 Å². The number of piperazine rings is 1. The molecule has 1 aromatic carbocycles. The fourth-order valence-corrected chi connectivity index (χ4v) is 4.63. The third kappa shape index (κ3) is 9.31. The van der Waals surface area contributed by atoms with Crippen molar-refractivity contribution in [3.8, 4) is 5.75 Å². The Hall–Kier alpha value is -1.55. The Morgan fingerprint density at radius 1 is 1.03 bits per heavy atom. The lowest BCUT2D eigenvalue weighted by Crippen LogP contribution is -2.51. The van der Waals surface area contributed by atoms with Crippen LogP contribution in [0.2, 0.25) is 0 Å². The molecule has 2 N–H and O–H groups in total. The maximum atomic E-state index is 12.6. The first-order chi connectivity index (χ1) is 15.7. The van der Waals surface area contributed by atoms with E-state index < -0.39 is 0 Å². The second-order valence-corrected chi connectivity index (χ2v) is 8.88. The first-order valence-corrected chi connectivity index (χ1v) is 12.3. The van der Waals surface area contributed by atoms with Gasteiger partial charge < -0.3 is 20.3 Å². The lowest BCUT2D eigenvalue weighted by Gasteiger charge is -2.36. The molecule has 0 spiro atoms. The van der Waals surface area contributed by atoms with Crippen LogP contribution < -0.4 is 15.4 Å². The molecule has 3 rings (SSSR count). The van der Waals surface area contributed by atoms with Crippen molar-refractivity contribution in [2.75, 3.05) is 60.0 Å². The highest BCUT2D eigenvalue weighted by Crippen LogP contribution is 2.26. The van der Waals surface area contributed by atoms with E-state index in [9.17, 15) is 4.79 Å². The van der Waals surface area contributed by atoms with Crippen molar-refractivity contribution >= 4 is 35.8 Å². The highest BCUT2D eigenvalue weighted by molar-refractivity contribution is 14.0. The second-order valence-electron chi connectivity index (χ2n) is 8.88. The summed E-state index contributed by atoms with van der Waals surface area (Å²) in [4.78, 5) is 21.4. The Bertz CT molecular complexity index is 714. The molecule has 1 aliphatic heterocycles. The molecule has 33 heavy (non-hydrogen) atoms. The number of unbranched alkanes of at least 4 members (excludes halogenated alkanes) is 1. The van der Waals surface area contributed by atoms with Gasteiger partial charge in [-0.15, -0.1) is 24.0 Å². The smallest absolute Gasteiger partial charge is 0.225 e. The van der Waals surface area contributed by atoms with E-state index in [1.165, 1.54) is 18.4 Å². The third-order valence-electron chi connectivity index (χ3n) is 6.68. The van der Waals surface area contributed by atoms with Gasteiger partial charge in [0.15, 0.2) is 5.96 Å². The number of nitrogens with one attached hydrogen (secondary N) is 2. The zero-order chi connectivity index (χ0) is 22.6. The molecule has 2 aliphatic rings. The molecule has 0 radical (unpaired) electrons. The van der Waals surface area contributed by atoms with Gasteiger partial charge in [0, 0.05) is 58.8 Å². The highest BCUT2D eigenvalue weighted by atomic mass is 127. The van der Waals surface area contributed by atoms with Crippen LogP contribution in [0, 0.1) is 5.92 Å². The second kappa shape index (κ2) is 15.4. The average molecular weight is 572 g/mol. The van der Waals surface area contributed by atoms with Crippen LogP contribution in [0.1, 0.15) is 44.1 Å². The monoisotopic (exact) mass is 571 g/mol. The van der Waals surface area contributed by atoms with Crippen LogP contribution in [0.3, 0.4) is 0 Å². The van der Waals surface area contributed by atoms with Crippen LogP contribution in [-0.4, -0.2) is 81.6 Å². The molecule has 1 saturated heterocycles. The molecule has 0 bridgehead atoms. The number of hydrogen-bond donors (Lipinski definition) is 2. The van der Waals surface area contributed by atoms with Gasteiger partial charge in [0.2, 0.25) is 5.91 Å². The van der Waals surface area contributed by atoms with Crippen molar-refractivity contribution in [1.82, 2.24) is 20.4 Å². The molecule has 2 fully saturated rings. The Kier molecular flexibility index (Phi) is 12.9. The molecular weight excluding hydrogens is 529 g/mol. The summed E-state index contributed by atoms with van der Waals surface area (Å²) in [6, 6.07) is 8.31. The number of aliphatic imine (C=N–C) groups is 1. The molecule has 186 valence electrons. The summed E-state index contributed by atoms with van der Waals surface area (Å²) in [5.41, 5.74) is 1.35. The fourth-order valence-electron chi connectivity index (χ4n) is 4.63. The molecule has 8 heteroatoms. The van der Waals surface area contributed by atoms with Crippen molar-refractivity contribution in [2.24, 2.45) is 10.9 Å². The highest BCUT2D eigenvalue weighted by Gasteiger charge is 2.29. The molecule has 1 saturated carbocycles. The molecule has 0 unspecified atom stereocenters. The Balaban J connectivity index is 0.00000385. The molecule has 0 aromatic heterocycles. The van der Waals surface area contributed by atoms with Gasteiger partial charge >= 0.3 is 0 Å². The van der Waals surface area contributed by atoms with Crippen LogP contribution in [-0.2, 0) is 11.2 Å². The summed E-state index contributed by atoms with van der Waals surface area (Å²) >= 11 is 0. The summed E-state index contributed by atoms with van der Waals surface area (Å²) < 4.78 is 5.21. The topological polar surface area (TPSA) is 69.2 Å². The van der Waals surface area contributed by atoms with Crippen LogP contribution in [0.5, 0.6) is 5.75 Å². The van der Waals surface area contributed by atoms with Crippen molar-refractivity contribution in [1.29, 1.82) is 0 Å². The number of hydrogen-bond acceptors (Lipinski definition) is 4. The summed E-state index contributed by atoms with van der Waals surface area (Å²) in [7, 11) is 3.52. The summed E-state index contributed by atoms with van der Waals surface area (Å²) in [6.45, 7) is 6.44. The number of rotatable bonds is 10. The SMILES string of the molecule is CN=C(NCCCCc1ccc(OC)cc1)NCCN1CCN(C(=O)C2CCCC2)CC1.I. The molecule has 7 nitrogen and oxygen atoms in total. The number of nitrogens with zero attached hydrogens (tertiary/aromatic N) is 3. The lowest BCUT2D eigenvalue weighted by atomic mass is 10.1. The number of aryl methyl sites for hydroxylation is 1. The predicted molar refractivity (Wildman–Crippen MR) is 146 cm³/mol. The number of benzene rings is 1. The number of ether oxygens (including phenoxy) is 1. The number of guanidine groups is 1. The van der Waals surface area contributed by atoms with Gasteiger partial charge in [-0.1, -0.05) is 25.0 Å². The predicted octanol–water partition coefficient (Wildman–Crippen LogP) is 3.14. The standard InChI is InChI=1S/C25H41N5O2.HI/c1-26-25(27-14-6-5-7-21-10-12-23(32-2)13-11-21)28-15-16-29-17-19-30(20-18-29)24(31)22-8-3-4-9-22;/h10-13,22H,3-9,14-20H2,1-2H3,(H2,26,27,28);1H. The number of carbonyl (C=O) groups excluding carboxylic acids is 1. The molecule has 1 aromatic rings. The first kappa shape index (κ1) is 27.7. The van der Waals surface area contributed by atoms with E-state index in [-0.39, 0.29) is 24.0 Å². The zero-order valence-electron chi connectivity index (χ0n) is 20.4. The zero-order valence-corrected chi connectivity index (χ0v) is 22.7. The van der Waals surface area contributed by atoms with Crippen LogP contribution in [0.4, 0.5) is 0 Å². The van der Waals surface area contributed by atoms with E-state index >= 15 is 0 Å². The maximum Gasteiger partial charge on any atom is 0.225 e. The largest absolute Gasteiger partial charge is 0.497 e. The number of methoxy groups -OCH3 is 1. The van der Waals surface area contributed by atoms with Gasteiger partial charge in [-0.2, -0.15) is 0 Å². The van der Waals surface area contributed by atoms with E-state index in [1.807, 2.05) is 19.2 Å². The van der Waals surface area contributed by atoms with Gasteiger partial charge in [-0.05, 0) is 49.8 Å². The van der Waals surface area contributed by atoms with Crippen molar-refractivity contribution in [3.63, 3.8) is 0 Å². The summed E-state index contributed by atoms with van der Waals surface area (Å²) in [5.74, 6) is 2.47. The minimum atomic E-state index is 0.